The van der Waals surface area contributed by atoms with E-state index < -0.39 is 0 Å². The van der Waals surface area contributed by atoms with Crippen LogP contribution in [0, 0.1) is 5.82 Å². The van der Waals surface area contributed by atoms with Gasteiger partial charge in [0.15, 0.2) is 0 Å². The van der Waals surface area contributed by atoms with Crippen LogP contribution in [0.4, 0.5) is 4.39 Å². The molecule has 0 aliphatic carbocycles. The molecule has 0 aliphatic rings. The van der Waals surface area contributed by atoms with E-state index in [-0.39, 0.29) is 17.0 Å². The minimum absolute atomic E-state index is 0.0357. The van der Waals surface area contributed by atoms with Gasteiger partial charge in [-0.2, -0.15) is 0 Å². The van der Waals surface area contributed by atoms with Crippen LogP contribution in [0.5, 0.6) is 17.2 Å². The number of rotatable bonds is 7. The molecule has 0 aromatic heterocycles. The Labute approximate surface area is 139 Å². The van der Waals surface area contributed by atoms with Crippen molar-refractivity contribution in [2.24, 2.45) is 0 Å². The summed E-state index contributed by atoms with van der Waals surface area (Å²) < 4.78 is 24.0. The smallest absolute Gasteiger partial charge is 0.254 e. The fourth-order valence-corrected chi connectivity index (χ4v) is 2.08. The third-order valence-corrected chi connectivity index (χ3v) is 3.18. The van der Waals surface area contributed by atoms with Crippen molar-refractivity contribution in [2.45, 2.75) is 19.4 Å². The van der Waals surface area contributed by atoms with Gasteiger partial charge >= 0.3 is 0 Å². The normalized spacial score (nSPS) is 11.6. The molecule has 6 heteroatoms. The van der Waals surface area contributed by atoms with E-state index in [1.54, 1.807) is 36.4 Å². The third kappa shape index (κ3) is 6.12. The van der Waals surface area contributed by atoms with E-state index in [9.17, 15) is 4.39 Å². The maximum Gasteiger partial charge on any atom is 0.254 e. The van der Waals surface area contributed by atoms with Gasteiger partial charge in [0.2, 0.25) is 0 Å². The van der Waals surface area contributed by atoms with E-state index in [0.29, 0.717) is 24.5 Å². The van der Waals surface area contributed by atoms with E-state index >= 15 is 0 Å². The molecular formula is C17H18FNO3S. The lowest BCUT2D eigenvalue weighted by Gasteiger charge is -2.13. The first kappa shape index (κ1) is 17.0. The second-order valence-corrected chi connectivity index (χ2v) is 5.40. The molecule has 0 aliphatic heterocycles. The van der Waals surface area contributed by atoms with Crippen LogP contribution >= 0.6 is 12.2 Å². The third-order valence-electron chi connectivity index (χ3n) is 3.06. The fourth-order valence-electron chi connectivity index (χ4n) is 1.88. The average Bonchev–Trinajstić information content (AvgIpc) is 2.50. The summed E-state index contributed by atoms with van der Waals surface area (Å²) in [7, 11) is 0. The van der Waals surface area contributed by atoms with Crippen LogP contribution in [0.2, 0.25) is 0 Å². The van der Waals surface area contributed by atoms with Gasteiger partial charge in [0.1, 0.15) is 23.1 Å². The molecule has 122 valence electrons. The van der Waals surface area contributed by atoms with Gasteiger partial charge in [-0.15, -0.1) is 0 Å². The van der Waals surface area contributed by atoms with Crippen molar-refractivity contribution < 1.29 is 19.0 Å². The van der Waals surface area contributed by atoms with Gasteiger partial charge in [-0.25, -0.2) is 4.39 Å². The van der Waals surface area contributed by atoms with E-state index in [1.165, 1.54) is 12.1 Å². The Bertz CT molecular complexity index is 631. The zero-order valence-electron chi connectivity index (χ0n) is 12.7. The lowest BCUT2D eigenvalue weighted by Crippen LogP contribution is -2.32. The van der Waals surface area contributed by atoms with Crippen molar-refractivity contribution in [1.29, 1.82) is 0 Å². The van der Waals surface area contributed by atoms with E-state index in [4.69, 9.17) is 14.6 Å². The molecule has 1 atom stereocenters. The van der Waals surface area contributed by atoms with Crippen molar-refractivity contribution in [1.82, 2.24) is 5.32 Å². The molecular weight excluding hydrogens is 317 g/mol. The van der Waals surface area contributed by atoms with Crippen LogP contribution in [0.25, 0.3) is 0 Å². The molecule has 4 nitrogen and oxygen atoms in total. The second-order valence-electron chi connectivity index (χ2n) is 5.02. The summed E-state index contributed by atoms with van der Waals surface area (Å²) in [6.07, 6.45) is 0.703. The quantitative estimate of drug-likeness (QED) is 0.743. The van der Waals surface area contributed by atoms with Crippen molar-refractivity contribution in [3.8, 4) is 17.2 Å². The number of aliphatic hydroxyl groups excluding tert-OH is 1. The highest BCUT2D eigenvalue weighted by Gasteiger charge is 2.04. The molecule has 2 rings (SSSR count). The summed E-state index contributed by atoms with van der Waals surface area (Å²) in [6.45, 7) is 2.40. The maximum absolute atomic E-state index is 12.8. The predicted molar refractivity (Wildman–Crippen MR) is 90.9 cm³/mol. The van der Waals surface area contributed by atoms with Crippen LogP contribution in [-0.4, -0.2) is 22.9 Å². The Morgan fingerprint density at radius 1 is 1.09 bits per heavy atom. The lowest BCUT2D eigenvalue weighted by molar-refractivity contribution is 0.294. The number of hydrogen-bond donors (Lipinski definition) is 2. The van der Waals surface area contributed by atoms with Gasteiger partial charge in [0.25, 0.3) is 5.17 Å². The summed E-state index contributed by atoms with van der Waals surface area (Å²) in [5, 5.41) is 11.5. The zero-order valence-corrected chi connectivity index (χ0v) is 13.5. The molecule has 23 heavy (non-hydrogen) atoms. The van der Waals surface area contributed by atoms with E-state index in [0.717, 1.165) is 5.75 Å². The number of benzene rings is 2. The molecule has 0 bridgehead atoms. The highest BCUT2D eigenvalue weighted by Crippen LogP contribution is 2.24. The Morgan fingerprint density at radius 3 is 2.17 bits per heavy atom. The summed E-state index contributed by atoms with van der Waals surface area (Å²) in [6, 6.07) is 13.0. The van der Waals surface area contributed by atoms with Crippen LogP contribution < -0.4 is 14.8 Å². The number of nitrogens with one attached hydrogen (secondary N) is 1. The summed E-state index contributed by atoms with van der Waals surface area (Å²) in [4.78, 5) is 0. The molecule has 2 N–H and O–H groups in total. The number of ether oxygens (including phenoxy) is 2. The highest BCUT2D eigenvalue weighted by atomic mass is 32.1. The summed E-state index contributed by atoms with van der Waals surface area (Å²) in [5.74, 6) is 1.63. The van der Waals surface area contributed by atoms with Crippen molar-refractivity contribution in [3.05, 3.63) is 54.3 Å². The van der Waals surface area contributed by atoms with E-state index in [1.807, 2.05) is 6.92 Å². The van der Waals surface area contributed by atoms with Crippen molar-refractivity contribution in [2.75, 3.05) is 6.61 Å². The number of thiocarbonyl (C=S) groups is 1. The van der Waals surface area contributed by atoms with Gasteiger partial charge in [0.05, 0.1) is 6.61 Å². The first-order valence-electron chi connectivity index (χ1n) is 7.18. The van der Waals surface area contributed by atoms with Crippen LogP contribution in [0.15, 0.2) is 48.5 Å². The van der Waals surface area contributed by atoms with Crippen LogP contribution in [-0.2, 0) is 0 Å². The van der Waals surface area contributed by atoms with Gasteiger partial charge in [-0.3, -0.25) is 0 Å². The topological polar surface area (TPSA) is 50.7 Å². The molecule has 0 radical (unpaired) electrons. The van der Waals surface area contributed by atoms with Gasteiger partial charge in [-0.1, -0.05) is 0 Å². The maximum atomic E-state index is 12.8. The largest absolute Gasteiger partial charge is 0.494 e. The van der Waals surface area contributed by atoms with Crippen LogP contribution in [0.3, 0.4) is 0 Å². The minimum atomic E-state index is -0.299. The lowest BCUT2D eigenvalue weighted by atomic mass is 10.2. The molecule has 2 aromatic carbocycles. The van der Waals surface area contributed by atoms with Crippen molar-refractivity contribution in [3.63, 3.8) is 0 Å². The molecule has 2 aromatic rings. The Kier molecular flexibility index (Phi) is 6.17. The molecule has 0 heterocycles. The highest BCUT2D eigenvalue weighted by molar-refractivity contribution is 7.79. The first-order valence-corrected chi connectivity index (χ1v) is 7.59. The Balaban J connectivity index is 1.80. The molecule has 0 fully saturated rings. The van der Waals surface area contributed by atoms with E-state index in [2.05, 4.69) is 17.5 Å². The monoisotopic (exact) mass is 335 g/mol. The predicted octanol–water partition coefficient (Wildman–Crippen LogP) is 4.21. The van der Waals surface area contributed by atoms with Crippen molar-refractivity contribution >= 4 is 17.4 Å². The molecule has 1 unspecified atom stereocenters. The summed E-state index contributed by atoms with van der Waals surface area (Å²) >= 11 is 4.56. The summed E-state index contributed by atoms with van der Waals surface area (Å²) in [5.41, 5.74) is 0. The van der Waals surface area contributed by atoms with Crippen LogP contribution in [0.1, 0.15) is 13.3 Å². The number of halogens is 1. The Hall–Kier alpha value is -2.34. The van der Waals surface area contributed by atoms with Gasteiger partial charge in [0, 0.05) is 12.5 Å². The average molecular weight is 335 g/mol. The second kappa shape index (κ2) is 8.33. The number of aliphatic hydroxyl groups is 1. The SMILES string of the molecule is CC(CCOc1ccc(Oc2ccc(F)cc2)cc1)NC(O)=S. The number of hydrogen-bond acceptors (Lipinski definition) is 3. The molecule has 0 saturated carbocycles. The van der Waals surface area contributed by atoms with Gasteiger partial charge in [-0.05, 0) is 67.7 Å². The minimum Gasteiger partial charge on any atom is -0.494 e. The van der Waals surface area contributed by atoms with Gasteiger partial charge < -0.3 is 19.9 Å². The Morgan fingerprint density at radius 2 is 1.61 bits per heavy atom. The zero-order chi connectivity index (χ0) is 16.7. The fraction of sp³-hybridized carbons (Fsp3) is 0.235. The molecule has 0 amide bonds. The molecule has 0 spiro atoms. The first-order chi connectivity index (χ1) is 11.0. The molecule has 0 saturated heterocycles. The standard InChI is InChI=1S/C17H18FNO3S/c1-12(19-17(20)23)10-11-21-14-6-8-16(9-7-14)22-15-4-2-13(18)3-5-15/h2-9,12H,10-11H2,1H3,(H2,19,20,23).